The summed E-state index contributed by atoms with van der Waals surface area (Å²) < 4.78 is 22.9. The molecule has 4 saturated heterocycles. The van der Waals surface area contributed by atoms with Crippen LogP contribution in [0.4, 0.5) is 0 Å². The minimum Gasteiger partial charge on any atom is -0.459 e. The van der Waals surface area contributed by atoms with Gasteiger partial charge in [-0.15, -0.1) is 0 Å². The van der Waals surface area contributed by atoms with Crippen LogP contribution in [0.2, 0.25) is 0 Å². The zero-order valence-corrected chi connectivity index (χ0v) is 16.6. The highest BCUT2D eigenvalue weighted by Crippen LogP contribution is 2.84. The van der Waals surface area contributed by atoms with E-state index < -0.39 is 70.5 Å². The summed E-state index contributed by atoms with van der Waals surface area (Å²) in [5.74, 6) is -3.52. The molecule has 6 fully saturated rings. The molecule has 0 bridgehead atoms. The summed E-state index contributed by atoms with van der Waals surface area (Å²) in [5.41, 5.74) is -6.81. The molecular weight excluding hydrogens is 384 g/mol. The van der Waals surface area contributed by atoms with E-state index >= 15 is 0 Å². The molecule has 2 spiro atoms. The van der Waals surface area contributed by atoms with E-state index in [0.29, 0.717) is 6.42 Å². The lowest BCUT2D eigenvalue weighted by molar-refractivity contribution is -0.238. The Kier molecular flexibility index (Phi) is 2.79. The Morgan fingerprint density at radius 2 is 1.72 bits per heavy atom. The fourth-order valence-corrected chi connectivity index (χ4v) is 8.06. The van der Waals surface area contributed by atoms with E-state index in [4.69, 9.17) is 18.9 Å². The van der Waals surface area contributed by atoms with Crippen LogP contribution in [0, 0.1) is 28.1 Å². The van der Waals surface area contributed by atoms with Gasteiger partial charge in [-0.1, -0.05) is 20.8 Å². The maximum Gasteiger partial charge on any atom is 0.342 e. The molecule has 6 aliphatic rings. The molecule has 10 atom stereocenters. The molecule has 0 aromatic carbocycles. The Morgan fingerprint density at radius 3 is 2.38 bits per heavy atom. The first-order valence-corrected chi connectivity index (χ1v) is 10.1. The molecule has 2 saturated carbocycles. The molecule has 2 aliphatic carbocycles. The second-order valence-electron chi connectivity index (χ2n) is 10.6. The van der Waals surface area contributed by atoms with Gasteiger partial charge in [0.2, 0.25) is 11.9 Å². The fraction of sp³-hybridized carbons (Fsp3) is 0.850. The van der Waals surface area contributed by atoms with Crippen LogP contribution in [0.15, 0.2) is 0 Å². The van der Waals surface area contributed by atoms with Gasteiger partial charge in [-0.25, -0.2) is 9.59 Å². The smallest absolute Gasteiger partial charge is 0.342 e. The topological polar surface area (TPSA) is 129 Å². The summed E-state index contributed by atoms with van der Waals surface area (Å²) in [6.45, 7) is 7.47. The van der Waals surface area contributed by atoms with Crippen molar-refractivity contribution in [1.29, 1.82) is 0 Å². The summed E-state index contributed by atoms with van der Waals surface area (Å²) in [7, 11) is 0. The molecule has 6 rings (SSSR count). The molecule has 0 aromatic heterocycles. The van der Waals surface area contributed by atoms with Gasteiger partial charge < -0.3 is 29.2 Å². The van der Waals surface area contributed by atoms with Crippen molar-refractivity contribution in [3.63, 3.8) is 0 Å². The van der Waals surface area contributed by atoms with Crippen molar-refractivity contribution in [2.75, 3.05) is 0 Å². The first kappa shape index (κ1) is 18.1. The third-order valence-corrected chi connectivity index (χ3v) is 8.97. The monoisotopic (exact) mass is 408 g/mol. The van der Waals surface area contributed by atoms with Gasteiger partial charge in [0.15, 0.2) is 11.7 Å². The van der Waals surface area contributed by atoms with Gasteiger partial charge in [0.25, 0.3) is 0 Å². The summed E-state index contributed by atoms with van der Waals surface area (Å²) in [6.07, 6.45) is -3.96. The highest BCUT2D eigenvalue weighted by molar-refractivity contribution is 5.93. The lowest BCUT2D eigenvalue weighted by atomic mass is 9.51. The first-order valence-electron chi connectivity index (χ1n) is 10.1. The van der Waals surface area contributed by atoms with E-state index in [1.54, 1.807) is 0 Å². The van der Waals surface area contributed by atoms with Crippen LogP contribution in [0.25, 0.3) is 0 Å². The van der Waals surface area contributed by atoms with Crippen LogP contribution in [0.1, 0.15) is 40.5 Å². The number of aliphatic hydroxyl groups is 2. The largest absolute Gasteiger partial charge is 0.459 e. The molecule has 0 radical (unpaired) electrons. The maximum atomic E-state index is 13.3. The number of ether oxygens (including phenoxy) is 4. The van der Waals surface area contributed by atoms with E-state index in [-0.39, 0.29) is 17.8 Å². The molecular formula is C20H24O9. The van der Waals surface area contributed by atoms with E-state index in [1.807, 2.05) is 20.8 Å². The molecule has 9 nitrogen and oxygen atoms in total. The number of hydrogen-bond acceptors (Lipinski definition) is 9. The Labute approximate surface area is 166 Å². The van der Waals surface area contributed by atoms with E-state index in [1.165, 1.54) is 6.92 Å². The molecule has 158 valence electrons. The molecule has 4 heterocycles. The van der Waals surface area contributed by atoms with Crippen molar-refractivity contribution in [3.8, 4) is 0 Å². The van der Waals surface area contributed by atoms with Crippen molar-refractivity contribution in [3.05, 3.63) is 0 Å². The van der Waals surface area contributed by atoms with Gasteiger partial charge in [-0.3, -0.25) is 4.79 Å². The Bertz CT molecular complexity index is 893. The minimum atomic E-state index is -1.97. The molecule has 9 heteroatoms. The van der Waals surface area contributed by atoms with E-state index in [2.05, 4.69) is 0 Å². The van der Waals surface area contributed by atoms with E-state index in [0.717, 1.165) is 0 Å². The minimum absolute atomic E-state index is 0.0623. The highest BCUT2D eigenvalue weighted by atomic mass is 16.8. The molecule has 2 unspecified atom stereocenters. The third kappa shape index (κ3) is 1.35. The van der Waals surface area contributed by atoms with Gasteiger partial charge in [0.05, 0.1) is 16.7 Å². The molecule has 2 N–H and O–H groups in total. The zero-order chi connectivity index (χ0) is 20.9. The SMILES string of the molecule is C[C@@H]1C(=O)O[C@H]2C[C@@]34C5C[C@@H](C(C)(C)C)[C@]36[C@H](OC(=O)[C@@H]6O)OC4(C(=O)O5)[C@]21O. The standard InChI is InChI=1S/C20H24O9/c1-7-12(22)26-10-6-17-9-5-8(16(2,3)4)18(17)11(21)13(23)28-15(18)29-20(17,14(24)27-9)19(7,10)25/h7-11,15,21,25H,5-6H2,1-4H3/t7-,8+,9?,10+,11+,15-,17-,18+,19-,20?/m1/s1. The quantitative estimate of drug-likeness (QED) is 0.408. The predicted octanol–water partition coefficient (Wildman–Crippen LogP) is -0.340. The molecule has 4 aliphatic heterocycles. The second-order valence-corrected chi connectivity index (χ2v) is 10.6. The lowest BCUT2D eigenvalue weighted by Gasteiger charge is -2.46. The third-order valence-electron chi connectivity index (χ3n) is 8.97. The summed E-state index contributed by atoms with van der Waals surface area (Å²) in [4.78, 5) is 38.1. The number of esters is 3. The van der Waals surface area contributed by atoms with Gasteiger partial charge in [0.1, 0.15) is 12.2 Å². The predicted molar refractivity (Wildman–Crippen MR) is 90.6 cm³/mol. The van der Waals surface area contributed by atoms with Crippen LogP contribution in [-0.4, -0.2) is 63.9 Å². The summed E-state index contributed by atoms with van der Waals surface area (Å²) >= 11 is 0. The first-order chi connectivity index (χ1) is 13.4. The number of fused-ring (bicyclic) bond motifs is 1. The van der Waals surface area contributed by atoms with Crippen molar-refractivity contribution in [2.24, 2.45) is 28.1 Å². The number of rotatable bonds is 0. The molecule has 0 aromatic rings. The van der Waals surface area contributed by atoms with Gasteiger partial charge in [-0.2, -0.15) is 0 Å². The van der Waals surface area contributed by atoms with Crippen molar-refractivity contribution >= 4 is 17.9 Å². The Hall–Kier alpha value is -1.71. The normalized spacial score (nSPS) is 59.2. The van der Waals surface area contributed by atoms with Gasteiger partial charge in [0, 0.05) is 6.42 Å². The average Bonchev–Trinajstić information content (AvgIpc) is 3.31. The number of carbonyl (C=O) groups excluding carboxylic acids is 3. The number of aliphatic hydroxyl groups excluding tert-OH is 1. The number of carbonyl (C=O) groups is 3. The van der Waals surface area contributed by atoms with Crippen LogP contribution in [0.5, 0.6) is 0 Å². The van der Waals surface area contributed by atoms with Crippen LogP contribution >= 0.6 is 0 Å². The lowest BCUT2D eigenvalue weighted by Crippen LogP contribution is -2.66. The van der Waals surface area contributed by atoms with Gasteiger partial charge >= 0.3 is 17.9 Å². The van der Waals surface area contributed by atoms with Crippen LogP contribution in [-0.2, 0) is 33.3 Å². The summed E-state index contributed by atoms with van der Waals surface area (Å²) in [6, 6.07) is 0. The average molecular weight is 408 g/mol. The van der Waals surface area contributed by atoms with Gasteiger partial charge in [-0.05, 0) is 24.7 Å². The maximum absolute atomic E-state index is 13.3. The van der Waals surface area contributed by atoms with Crippen LogP contribution in [0.3, 0.4) is 0 Å². The molecule has 29 heavy (non-hydrogen) atoms. The summed E-state index contributed by atoms with van der Waals surface area (Å²) in [5, 5.41) is 23.0. The zero-order valence-electron chi connectivity index (χ0n) is 16.6. The van der Waals surface area contributed by atoms with Crippen molar-refractivity contribution < 1.29 is 43.5 Å². The van der Waals surface area contributed by atoms with E-state index in [9.17, 15) is 24.6 Å². The fourth-order valence-electron chi connectivity index (χ4n) is 8.06. The van der Waals surface area contributed by atoms with Crippen LogP contribution < -0.4 is 0 Å². The number of hydrogen-bond donors (Lipinski definition) is 2. The van der Waals surface area contributed by atoms with Crippen molar-refractivity contribution in [2.45, 2.75) is 76.3 Å². The second kappa shape index (κ2) is 4.48. The Morgan fingerprint density at radius 1 is 1.03 bits per heavy atom. The Balaban J connectivity index is 1.68. The van der Waals surface area contributed by atoms with Crippen molar-refractivity contribution in [1.82, 2.24) is 0 Å². The highest BCUT2D eigenvalue weighted by Gasteiger charge is 3.01. The molecule has 0 amide bonds.